The molecular weight excluding hydrogens is 276 g/mol. The Balaban J connectivity index is 2.15. The molecule has 1 saturated heterocycles. The van der Waals surface area contributed by atoms with Gasteiger partial charge < -0.3 is 5.32 Å². The Bertz CT molecular complexity index is 484. The number of nitrogens with zero attached hydrogens (tertiary/aromatic N) is 2. The number of rotatable bonds is 3. The van der Waals surface area contributed by atoms with E-state index in [2.05, 4.69) is 29.6 Å². The highest BCUT2D eigenvalue weighted by atomic mass is 35.5. The van der Waals surface area contributed by atoms with Gasteiger partial charge >= 0.3 is 0 Å². The number of carbonyl (C=O) groups excluding carboxylic acids is 1. The third kappa shape index (κ3) is 3.22. The zero-order valence-corrected chi connectivity index (χ0v) is 12.9. The summed E-state index contributed by atoms with van der Waals surface area (Å²) in [6.45, 7) is 4.26. The van der Waals surface area contributed by atoms with Crippen molar-refractivity contribution in [2.45, 2.75) is 45.2 Å². The Hall–Kier alpha value is -1.33. The first-order valence-corrected chi connectivity index (χ1v) is 7.33. The lowest BCUT2D eigenvalue weighted by molar-refractivity contribution is 0.0370. The lowest BCUT2D eigenvalue weighted by Crippen LogP contribution is -2.54. The number of halogens is 1. The van der Waals surface area contributed by atoms with E-state index in [1.807, 2.05) is 5.01 Å². The first-order chi connectivity index (χ1) is 9.52. The van der Waals surface area contributed by atoms with E-state index in [1.54, 1.807) is 13.1 Å². The topological polar surface area (TPSA) is 57.3 Å². The second-order valence-corrected chi connectivity index (χ2v) is 5.68. The number of aromatic nitrogens is 1. The van der Waals surface area contributed by atoms with Crippen molar-refractivity contribution in [3.8, 4) is 0 Å². The standard InChI is InChI=1S/C14H21ClN4O/c1-9-5-4-6-10(2)19(9)18-14(20)11-7-13(16-3)17-8-12(11)15/h7-10H,4-6H2,1-3H3,(H,16,17)(H,18,20). The number of anilines is 1. The highest BCUT2D eigenvalue weighted by molar-refractivity contribution is 6.33. The molecule has 1 aromatic rings. The number of nitrogens with one attached hydrogen (secondary N) is 2. The molecule has 0 aliphatic carbocycles. The minimum Gasteiger partial charge on any atom is -0.373 e. The van der Waals surface area contributed by atoms with Gasteiger partial charge in [0, 0.05) is 25.3 Å². The Morgan fingerprint density at radius 2 is 2.05 bits per heavy atom. The molecule has 2 heterocycles. The molecule has 1 aromatic heterocycles. The van der Waals surface area contributed by atoms with Gasteiger partial charge in [-0.05, 0) is 32.8 Å². The Morgan fingerprint density at radius 3 is 2.65 bits per heavy atom. The van der Waals surface area contributed by atoms with E-state index < -0.39 is 0 Å². The summed E-state index contributed by atoms with van der Waals surface area (Å²) in [6.07, 6.45) is 4.88. The fourth-order valence-corrected chi connectivity index (χ4v) is 2.76. The number of hydrazine groups is 1. The van der Waals surface area contributed by atoms with Crippen molar-refractivity contribution in [3.05, 3.63) is 22.8 Å². The molecule has 2 rings (SSSR count). The van der Waals surface area contributed by atoms with Gasteiger partial charge in [-0.25, -0.2) is 9.99 Å². The fraction of sp³-hybridized carbons (Fsp3) is 0.571. The minimum atomic E-state index is -0.186. The smallest absolute Gasteiger partial charge is 0.267 e. The molecule has 110 valence electrons. The van der Waals surface area contributed by atoms with Crippen LogP contribution in [-0.4, -0.2) is 35.0 Å². The van der Waals surface area contributed by atoms with Crippen LogP contribution in [-0.2, 0) is 0 Å². The van der Waals surface area contributed by atoms with Crippen molar-refractivity contribution in [1.82, 2.24) is 15.4 Å². The summed E-state index contributed by atoms with van der Waals surface area (Å²) in [7, 11) is 1.76. The molecule has 0 radical (unpaired) electrons. The van der Waals surface area contributed by atoms with E-state index in [9.17, 15) is 4.79 Å². The van der Waals surface area contributed by atoms with E-state index in [0.717, 1.165) is 12.8 Å². The first kappa shape index (κ1) is 15.1. The van der Waals surface area contributed by atoms with Crippen LogP contribution >= 0.6 is 11.6 Å². The molecule has 1 aliphatic rings. The molecule has 2 unspecified atom stereocenters. The highest BCUT2D eigenvalue weighted by Gasteiger charge is 2.27. The fourth-order valence-electron chi connectivity index (χ4n) is 2.57. The maximum absolute atomic E-state index is 12.4. The number of amides is 1. The second kappa shape index (κ2) is 6.41. The van der Waals surface area contributed by atoms with Gasteiger partial charge in [0.1, 0.15) is 5.82 Å². The number of piperidine rings is 1. The van der Waals surface area contributed by atoms with E-state index in [1.165, 1.54) is 12.6 Å². The van der Waals surface area contributed by atoms with Crippen LogP contribution in [0.25, 0.3) is 0 Å². The molecule has 6 heteroatoms. The quantitative estimate of drug-likeness (QED) is 0.900. The number of carbonyl (C=O) groups is 1. The summed E-state index contributed by atoms with van der Waals surface area (Å²) >= 11 is 6.07. The molecule has 0 saturated carbocycles. The van der Waals surface area contributed by atoms with E-state index in [4.69, 9.17) is 11.6 Å². The molecule has 0 bridgehead atoms. The summed E-state index contributed by atoms with van der Waals surface area (Å²) < 4.78 is 0. The zero-order chi connectivity index (χ0) is 14.7. The summed E-state index contributed by atoms with van der Waals surface area (Å²) in [6, 6.07) is 2.34. The average molecular weight is 297 g/mol. The highest BCUT2D eigenvalue weighted by Crippen LogP contribution is 2.22. The van der Waals surface area contributed by atoms with Crippen molar-refractivity contribution in [2.24, 2.45) is 0 Å². The predicted octanol–water partition coefficient (Wildman–Crippen LogP) is 2.68. The normalized spacial score (nSPS) is 23.4. The Kier molecular flexibility index (Phi) is 4.83. The zero-order valence-electron chi connectivity index (χ0n) is 12.1. The lowest BCUT2D eigenvalue weighted by atomic mass is 10.00. The molecule has 2 atom stereocenters. The molecular formula is C14H21ClN4O. The van der Waals surface area contributed by atoms with Crippen LogP contribution in [0.1, 0.15) is 43.5 Å². The van der Waals surface area contributed by atoms with Crippen molar-refractivity contribution >= 4 is 23.3 Å². The van der Waals surface area contributed by atoms with Crippen LogP contribution in [0, 0.1) is 0 Å². The van der Waals surface area contributed by atoms with Crippen LogP contribution in [0.5, 0.6) is 0 Å². The van der Waals surface area contributed by atoms with Crippen LogP contribution in [0.2, 0.25) is 5.02 Å². The number of hydrogen-bond donors (Lipinski definition) is 2. The molecule has 5 nitrogen and oxygen atoms in total. The lowest BCUT2D eigenvalue weighted by Gasteiger charge is -2.38. The van der Waals surface area contributed by atoms with Gasteiger partial charge in [-0.2, -0.15) is 0 Å². The van der Waals surface area contributed by atoms with E-state index >= 15 is 0 Å². The van der Waals surface area contributed by atoms with Crippen LogP contribution in [0.4, 0.5) is 5.82 Å². The van der Waals surface area contributed by atoms with Gasteiger partial charge in [-0.3, -0.25) is 10.2 Å². The van der Waals surface area contributed by atoms with Crippen molar-refractivity contribution in [1.29, 1.82) is 0 Å². The summed E-state index contributed by atoms with van der Waals surface area (Å²) in [4.78, 5) is 16.5. The van der Waals surface area contributed by atoms with Gasteiger partial charge in [-0.1, -0.05) is 18.0 Å². The largest absolute Gasteiger partial charge is 0.373 e. The van der Waals surface area contributed by atoms with Crippen LogP contribution < -0.4 is 10.7 Å². The second-order valence-electron chi connectivity index (χ2n) is 5.28. The van der Waals surface area contributed by atoms with Gasteiger partial charge in [0.2, 0.25) is 0 Å². The molecule has 1 aliphatic heterocycles. The van der Waals surface area contributed by atoms with Crippen molar-refractivity contribution in [3.63, 3.8) is 0 Å². The number of pyridine rings is 1. The van der Waals surface area contributed by atoms with Crippen molar-refractivity contribution < 1.29 is 4.79 Å². The van der Waals surface area contributed by atoms with Gasteiger partial charge in [0.25, 0.3) is 5.91 Å². The molecule has 0 spiro atoms. The monoisotopic (exact) mass is 296 g/mol. The van der Waals surface area contributed by atoms with Crippen LogP contribution in [0.15, 0.2) is 12.3 Å². The van der Waals surface area contributed by atoms with E-state index in [0.29, 0.717) is 28.5 Å². The minimum absolute atomic E-state index is 0.186. The molecule has 20 heavy (non-hydrogen) atoms. The Morgan fingerprint density at radius 1 is 1.40 bits per heavy atom. The number of hydrogen-bond acceptors (Lipinski definition) is 4. The first-order valence-electron chi connectivity index (χ1n) is 6.95. The maximum Gasteiger partial charge on any atom is 0.267 e. The third-order valence-electron chi connectivity index (χ3n) is 3.78. The van der Waals surface area contributed by atoms with Gasteiger partial charge in [-0.15, -0.1) is 0 Å². The van der Waals surface area contributed by atoms with E-state index in [-0.39, 0.29) is 5.91 Å². The predicted molar refractivity (Wildman–Crippen MR) is 80.9 cm³/mol. The maximum atomic E-state index is 12.4. The average Bonchev–Trinajstić information content (AvgIpc) is 2.43. The van der Waals surface area contributed by atoms with Gasteiger partial charge in [0.05, 0.1) is 10.6 Å². The molecule has 2 N–H and O–H groups in total. The molecule has 1 fully saturated rings. The summed E-state index contributed by atoms with van der Waals surface area (Å²) in [5, 5.41) is 5.30. The van der Waals surface area contributed by atoms with Crippen molar-refractivity contribution in [2.75, 3.05) is 12.4 Å². The SMILES string of the molecule is CNc1cc(C(=O)NN2C(C)CCCC2C)c(Cl)cn1. The van der Waals surface area contributed by atoms with Crippen LogP contribution in [0.3, 0.4) is 0 Å². The molecule has 1 amide bonds. The summed E-state index contributed by atoms with van der Waals surface area (Å²) in [5.74, 6) is 0.439. The third-order valence-corrected chi connectivity index (χ3v) is 4.08. The molecule has 0 aromatic carbocycles. The van der Waals surface area contributed by atoms with Gasteiger partial charge in [0.15, 0.2) is 0 Å². The Labute approximate surface area is 124 Å². The summed E-state index contributed by atoms with van der Waals surface area (Å²) in [5.41, 5.74) is 3.42.